The molecule has 0 bridgehead atoms. The van der Waals surface area contributed by atoms with E-state index in [1.54, 1.807) is 18.5 Å². The normalized spacial score (nSPS) is 19.9. The molecule has 0 aliphatic heterocycles. The highest BCUT2D eigenvalue weighted by atomic mass is 16.5. The Kier molecular flexibility index (Phi) is 3.43. The number of methoxy groups -OCH3 is 1. The van der Waals surface area contributed by atoms with E-state index in [1.165, 1.54) is 7.11 Å². The van der Waals surface area contributed by atoms with Crippen LogP contribution in [0, 0.1) is 11.8 Å². The smallest absolute Gasteiger partial charge is 0.309 e. The van der Waals surface area contributed by atoms with Gasteiger partial charge >= 0.3 is 5.97 Å². The quantitative estimate of drug-likeness (QED) is 0.839. The number of carbonyl (C=O) groups excluding carboxylic acids is 2. The first kappa shape index (κ1) is 13.4. The predicted octanol–water partition coefficient (Wildman–Crippen LogP) is 1.82. The van der Waals surface area contributed by atoms with Crippen molar-refractivity contribution < 1.29 is 14.3 Å². The first-order valence-electron chi connectivity index (χ1n) is 6.67. The number of esters is 1. The van der Waals surface area contributed by atoms with Gasteiger partial charge in [0.2, 0.25) is 5.91 Å². The number of carbonyl (C=O) groups is 2. The lowest BCUT2D eigenvalue weighted by Crippen LogP contribution is -2.17. The van der Waals surface area contributed by atoms with Crippen LogP contribution in [-0.2, 0) is 14.3 Å². The van der Waals surface area contributed by atoms with Crippen LogP contribution >= 0.6 is 0 Å². The van der Waals surface area contributed by atoms with Gasteiger partial charge in [-0.05, 0) is 18.6 Å². The van der Waals surface area contributed by atoms with Crippen LogP contribution in [0.3, 0.4) is 0 Å². The maximum atomic E-state index is 12.1. The van der Waals surface area contributed by atoms with Crippen LogP contribution in [0.5, 0.6) is 0 Å². The molecule has 1 aromatic carbocycles. The highest BCUT2D eigenvalue weighted by Gasteiger charge is 2.48. The summed E-state index contributed by atoms with van der Waals surface area (Å²) in [5.74, 6) is -0.320. The zero-order valence-electron chi connectivity index (χ0n) is 11.5. The van der Waals surface area contributed by atoms with Crippen LogP contribution in [0.15, 0.2) is 36.7 Å². The summed E-state index contributed by atoms with van der Waals surface area (Å²) in [6.45, 7) is 0. The lowest BCUT2D eigenvalue weighted by Gasteiger charge is -2.06. The maximum absolute atomic E-state index is 12.1. The van der Waals surface area contributed by atoms with Crippen molar-refractivity contribution in [1.82, 2.24) is 9.97 Å². The molecule has 2 atom stereocenters. The van der Waals surface area contributed by atoms with E-state index in [9.17, 15) is 9.59 Å². The molecule has 1 aliphatic carbocycles. The number of nitrogens with one attached hydrogen (secondary N) is 2. The molecule has 1 fully saturated rings. The average molecular weight is 285 g/mol. The molecule has 108 valence electrons. The number of hydrogen-bond acceptors (Lipinski definition) is 4. The number of rotatable bonds is 4. The van der Waals surface area contributed by atoms with Crippen molar-refractivity contribution in [2.75, 3.05) is 12.4 Å². The lowest BCUT2D eigenvalue weighted by atomic mass is 10.2. The number of imidazole rings is 1. The molecular formula is C15H15N3O3. The van der Waals surface area contributed by atoms with Crippen LogP contribution in [0.4, 0.5) is 5.69 Å². The summed E-state index contributed by atoms with van der Waals surface area (Å²) in [6.07, 6.45) is 3.97. The van der Waals surface area contributed by atoms with E-state index in [0.29, 0.717) is 12.1 Å². The van der Waals surface area contributed by atoms with Crippen molar-refractivity contribution in [2.24, 2.45) is 11.8 Å². The molecule has 21 heavy (non-hydrogen) atoms. The fraction of sp³-hybridized carbons (Fsp3) is 0.267. The molecule has 2 N–H and O–H groups in total. The number of H-pyrrole nitrogens is 1. The van der Waals surface area contributed by atoms with Gasteiger partial charge in [0.1, 0.15) is 5.82 Å². The van der Waals surface area contributed by atoms with Gasteiger partial charge in [-0.2, -0.15) is 0 Å². The number of hydrogen-bond donors (Lipinski definition) is 2. The third kappa shape index (κ3) is 2.79. The van der Waals surface area contributed by atoms with Gasteiger partial charge in [0.15, 0.2) is 0 Å². The van der Waals surface area contributed by atoms with Crippen molar-refractivity contribution in [1.29, 1.82) is 0 Å². The Morgan fingerprint density at radius 2 is 2.24 bits per heavy atom. The number of aromatic nitrogens is 2. The maximum Gasteiger partial charge on any atom is 0.309 e. The molecular weight excluding hydrogens is 270 g/mol. The number of nitrogens with zero attached hydrogens (tertiary/aromatic N) is 1. The molecule has 3 rings (SSSR count). The molecule has 1 aromatic heterocycles. The molecule has 1 saturated carbocycles. The van der Waals surface area contributed by atoms with E-state index >= 15 is 0 Å². The average Bonchev–Trinajstić information content (AvgIpc) is 3.12. The molecule has 6 heteroatoms. The Morgan fingerprint density at radius 1 is 1.38 bits per heavy atom. The van der Waals surface area contributed by atoms with Crippen molar-refractivity contribution in [3.63, 3.8) is 0 Å². The number of ether oxygens (including phenoxy) is 1. The first-order valence-corrected chi connectivity index (χ1v) is 6.67. The Morgan fingerprint density at radius 3 is 2.95 bits per heavy atom. The van der Waals surface area contributed by atoms with Gasteiger partial charge < -0.3 is 15.0 Å². The minimum absolute atomic E-state index is 0.151. The van der Waals surface area contributed by atoms with Crippen LogP contribution in [0.2, 0.25) is 0 Å². The van der Waals surface area contributed by atoms with Gasteiger partial charge in [-0.1, -0.05) is 12.1 Å². The summed E-state index contributed by atoms with van der Waals surface area (Å²) >= 11 is 0. The monoisotopic (exact) mass is 285 g/mol. The summed E-state index contributed by atoms with van der Waals surface area (Å²) in [4.78, 5) is 30.6. The van der Waals surface area contributed by atoms with Gasteiger partial charge in [-0.25, -0.2) is 4.98 Å². The van der Waals surface area contributed by atoms with E-state index in [2.05, 4.69) is 20.0 Å². The molecule has 0 spiro atoms. The highest BCUT2D eigenvalue weighted by Crippen LogP contribution is 2.40. The van der Waals surface area contributed by atoms with Gasteiger partial charge in [0, 0.05) is 23.6 Å². The second kappa shape index (κ2) is 5.40. The van der Waals surface area contributed by atoms with Gasteiger partial charge in [-0.15, -0.1) is 0 Å². The largest absolute Gasteiger partial charge is 0.469 e. The number of benzene rings is 1. The van der Waals surface area contributed by atoms with Crippen LogP contribution in [0.25, 0.3) is 11.4 Å². The predicted molar refractivity (Wildman–Crippen MR) is 76.3 cm³/mol. The third-order valence-corrected chi connectivity index (χ3v) is 3.53. The highest BCUT2D eigenvalue weighted by molar-refractivity contribution is 5.98. The van der Waals surface area contributed by atoms with E-state index in [1.807, 2.05) is 18.2 Å². The van der Waals surface area contributed by atoms with E-state index in [-0.39, 0.29) is 23.7 Å². The summed E-state index contributed by atoms with van der Waals surface area (Å²) in [6, 6.07) is 7.40. The molecule has 0 radical (unpaired) electrons. The van der Waals surface area contributed by atoms with E-state index in [0.717, 1.165) is 11.4 Å². The summed E-state index contributed by atoms with van der Waals surface area (Å²) < 4.78 is 4.64. The van der Waals surface area contributed by atoms with Crippen LogP contribution < -0.4 is 5.32 Å². The van der Waals surface area contributed by atoms with Gasteiger partial charge in [0.25, 0.3) is 0 Å². The molecule has 1 aliphatic rings. The summed E-state index contributed by atoms with van der Waals surface area (Å²) in [7, 11) is 1.34. The second-order valence-electron chi connectivity index (χ2n) is 4.98. The topological polar surface area (TPSA) is 84.1 Å². The first-order chi connectivity index (χ1) is 10.2. The Balaban J connectivity index is 1.67. The molecule has 0 saturated heterocycles. The Bertz CT molecular complexity index is 667. The number of amides is 1. The van der Waals surface area contributed by atoms with E-state index < -0.39 is 0 Å². The Labute approximate surface area is 121 Å². The Hall–Kier alpha value is -2.63. The van der Waals surface area contributed by atoms with Crippen molar-refractivity contribution >= 4 is 17.6 Å². The molecule has 1 amide bonds. The molecule has 2 unspecified atom stereocenters. The zero-order valence-corrected chi connectivity index (χ0v) is 11.5. The second-order valence-corrected chi connectivity index (χ2v) is 4.98. The fourth-order valence-corrected chi connectivity index (χ4v) is 2.30. The summed E-state index contributed by atoms with van der Waals surface area (Å²) in [5, 5.41) is 2.83. The minimum atomic E-state index is -0.320. The van der Waals surface area contributed by atoms with Crippen molar-refractivity contribution in [2.45, 2.75) is 6.42 Å². The summed E-state index contributed by atoms with van der Waals surface area (Å²) in [5.41, 5.74) is 1.57. The minimum Gasteiger partial charge on any atom is -0.469 e. The zero-order chi connectivity index (χ0) is 14.8. The standard InChI is InChI=1S/C15H15N3O3/c1-21-15(20)12-8-11(12)14(19)18-10-4-2-3-9(7-10)13-16-5-6-17-13/h2-7,11-12H,8H2,1H3,(H,16,17)(H,18,19). The molecule has 2 aromatic rings. The number of aromatic amines is 1. The third-order valence-electron chi connectivity index (χ3n) is 3.53. The fourth-order valence-electron chi connectivity index (χ4n) is 2.30. The van der Waals surface area contributed by atoms with Gasteiger partial charge in [-0.3, -0.25) is 9.59 Å². The van der Waals surface area contributed by atoms with Crippen LogP contribution in [-0.4, -0.2) is 29.0 Å². The van der Waals surface area contributed by atoms with Crippen LogP contribution in [0.1, 0.15) is 6.42 Å². The van der Waals surface area contributed by atoms with Crippen molar-refractivity contribution in [3.8, 4) is 11.4 Å². The molecule has 1 heterocycles. The number of anilines is 1. The van der Waals surface area contributed by atoms with Gasteiger partial charge in [0.05, 0.1) is 18.9 Å². The van der Waals surface area contributed by atoms with Crippen molar-refractivity contribution in [3.05, 3.63) is 36.7 Å². The lowest BCUT2D eigenvalue weighted by molar-refractivity contribution is -0.143. The molecule has 6 nitrogen and oxygen atoms in total. The SMILES string of the molecule is COC(=O)C1CC1C(=O)Nc1cccc(-c2ncc[nH]2)c1. The van der Waals surface area contributed by atoms with E-state index in [4.69, 9.17) is 0 Å².